The molecule has 52 valence electrons. The van der Waals surface area contributed by atoms with Gasteiger partial charge in [-0.15, -0.1) is 0 Å². The number of hydrogen-bond donors (Lipinski definition) is 3. The highest BCUT2D eigenvalue weighted by Gasteiger charge is 2.28. The van der Waals surface area contributed by atoms with Crippen molar-refractivity contribution in [2.24, 2.45) is 0 Å². The van der Waals surface area contributed by atoms with Crippen molar-refractivity contribution in [3.05, 3.63) is 12.0 Å². The molecule has 0 bridgehead atoms. The minimum Gasteiger partial charge on any atom is -0.512 e. The molecule has 1 rings (SSSR count). The Morgan fingerprint density at radius 3 is 2.44 bits per heavy atom. The molecule has 1 heterocycles. The lowest BCUT2D eigenvalue weighted by Gasteiger charge is -2.03. The van der Waals surface area contributed by atoms with Gasteiger partial charge in [0, 0.05) is 6.42 Å². The Hall–Kier alpha value is -0.740. The summed E-state index contributed by atoms with van der Waals surface area (Å²) in [6, 6.07) is 0. The van der Waals surface area contributed by atoms with Gasteiger partial charge in [-0.2, -0.15) is 0 Å². The molecule has 0 aromatic carbocycles. The van der Waals surface area contributed by atoms with Crippen molar-refractivity contribution >= 4 is 0 Å². The monoisotopic (exact) mass is 132 g/mol. The zero-order valence-corrected chi connectivity index (χ0v) is 4.69. The zero-order valence-electron chi connectivity index (χ0n) is 4.69. The topological polar surface area (TPSA) is 69.9 Å². The van der Waals surface area contributed by atoms with Gasteiger partial charge in [-0.1, -0.05) is 0 Å². The van der Waals surface area contributed by atoms with E-state index in [9.17, 15) is 0 Å². The van der Waals surface area contributed by atoms with Crippen LogP contribution in [0.15, 0.2) is 12.0 Å². The second-order valence-electron chi connectivity index (χ2n) is 1.88. The summed E-state index contributed by atoms with van der Waals surface area (Å²) >= 11 is 0. The molecular formula is C5H8O4. The molecular weight excluding hydrogens is 124 g/mol. The summed E-state index contributed by atoms with van der Waals surface area (Å²) in [4.78, 5) is 0. The molecule has 4 heteroatoms. The molecule has 0 saturated carbocycles. The summed E-state index contributed by atoms with van der Waals surface area (Å²) in [7, 11) is 0. The first-order valence-electron chi connectivity index (χ1n) is 2.60. The zero-order chi connectivity index (χ0) is 6.85. The summed E-state index contributed by atoms with van der Waals surface area (Å²) < 4.78 is 4.54. The van der Waals surface area contributed by atoms with E-state index in [-0.39, 0.29) is 12.2 Å². The fraction of sp³-hybridized carbons (Fsp3) is 0.600. The average molecular weight is 132 g/mol. The van der Waals surface area contributed by atoms with Gasteiger partial charge in [0.25, 0.3) is 0 Å². The SMILES string of the molecule is O/C=C1/CC(O)C(O)O1. The van der Waals surface area contributed by atoms with Crippen LogP contribution in [0.3, 0.4) is 0 Å². The summed E-state index contributed by atoms with van der Waals surface area (Å²) in [6.45, 7) is 0. The van der Waals surface area contributed by atoms with Crippen molar-refractivity contribution in [2.75, 3.05) is 0 Å². The molecule has 0 aromatic heterocycles. The lowest BCUT2D eigenvalue weighted by atomic mass is 10.3. The van der Waals surface area contributed by atoms with Crippen LogP contribution in [0, 0.1) is 0 Å². The maximum Gasteiger partial charge on any atom is 0.223 e. The first-order valence-corrected chi connectivity index (χ1v) is 2.60. The van der Waals surface area contributed by atoms with E-state index >= 15 is 0 Å². The summed E-state index contributed by atoms with van der Waals surface area (Å²) in [5.74, 6) is 0.218. The van der Waals surface area contributed by atoms with Gasteiger partial charge >= 0.3 is 0 Å². The average Bonchev–Trinajstić information content (AvgIpc) is 2.13. The van der Waals surface area contributed by atoms with E-state index in [0.29, 0.717) is 0 Å². The highest BCUT2D eigenvalue weighted by atomic mass is 16.6. The fourth-order valence-electron chi connectivity index (χ4n) is 0.672. The van der Waals surface area contributed by atoms with Crippen molar-refractivity contribution in [3.8, 4) is 0 Å². The Morgan fingerprint density at radius 1 is 1.56 bits per heavy atom. The number of ether oxygens (including phenoxy) is 1. The molecule has 4 nitrogen and oxygen atoms in total. The minimum absolute atomic E-state index is 0.178. The van der Waals surface area contributed by atoms with Gasteiger partial charge in [0.1, 0.15) is 18.1 Å². The van der Waals surface area contributed by atoms with Gasteiger partial charge in [-0.3, -0.25) is 0 Å². The first kappa shape index (κ1) is 6.38. The van der Waals surface area contributed by atoms with Crippen LogP contribution in [0.1, 0.15) is 6.42 Å². The molecule has 2 unspecified atom stereocenters. The molecule has 0 spiro atoms. The normalized spacial score (nSPS) is 39.1. The highest BCUT2D eigenvalue weighted by molar-refractivity contribution is 4.96. The van der Waals surface area contributed by atoms with E-state index in [0.717, 1.165) is 6.26 Å². The van der Waals surface area contributed by atoms with Crippen molar-refractivity contribution in [3.63, 3.8) is 0 Å². The summed E-state index contributed by atoms with van der Waals surface area (Å²) in [5.41, 5.74) is 0. The van der Waals surface area contributed by atoms with E-state index in [4.69, 9.17) is 15.3 Å². The second kappa shape index (κ2) is 2.24. The largest absolute Gasteiger partial charge is 0.512 e. The van der Waals surface area contributed by atoms with E-state index < -0.39 is 12.4 Å². The third-order valence-corrected chi connectivity index (χ3v) is 1.16. The van der Waals surface area contributed by atoms with Crippen LogP contribution in [-0.2, 0) is 4.74 Å². The second-order valence-corrected chi connectivity index (χ2v) is 1.88. The van der Waals surface area contributed by atoms with Gasteiger partial charge in [-0.25, -0.2) is 0 Å². The third-order valence-electron chi connectivity index (χ3n) is 1.16. The number of rotatable bonds is 0. The van der Waals surface area contributed by atoms with Crippen LogP contribution < -0.4 is 0 Å². The Labute approximate surface area is 52.0 Å². The Balaban J connectivity index is 2.54. The van der Waals surface area contributed by atoms with Gasteiger partial charge in [0.2, 0.25) is 6.29 Å². The van der Waals surface area contributed by atoms with Gasteiger partial charge in [0.05, 0.1) is 0 Å². The molecule has 1 saturated heterocycles. The predicted molar refractivity (Wildman–Crippen MR) is 28.4 cm³/mol. The standard InChI is InChI=1S/C5H8O4/c6-2-3-1-4(7)5(8)9-3/h2,4-8H,1H2/b3-2-. The summed E-state index contributed by atoms with van der Waals surface area (Å²) in [6.07, 6.45) is -1.16. The van der Waals surface area contributed by atoms with Crippen LogP contribution >= 0.6 is 0 Å². The van der Waals surface area contributed by atoms with Crippen LogP contribution in [0.5, 0.6) is 0 Å². The van der Waals surface area contributed by atoms with E-state index in [1.54, 1.807) is 0 Å². The van der Waals surface area contributed by atoms with Crippen LogP contribution in [0.2, 0.25) is 0 Å². The number of aliphatic hydroxyl groups excluding tert-OH is 3. The molecule has 1 aliphatic heterocycles. The summed E-state index contributed by atoms with van der Waals surface area (Å²) in [5, 5.41) is 25.7. The molecule has 9 heavy (non-hydrogen) atoms. The maximum absolute atomic E-state index is 8.77. The molecule has 0 radical (unpaired) electrons. The quantitative estimate of drug-likeness (QED) is 0.388. The highest BCUT2D eigenvalue weighted by Crippen LogP contribution is 2.20. The molecule has 1 fully saturated rings. The smallest absolute Gasteiger partial charge is 0.223 e. The Morgan fingerprint density at radius 2 is 2.22 bits per heavy atom. The van der Waals surface area contributed by atoms with Crippen molar-refractivity contribution in [1.29, 1.82) is 0 Å². The van der Waals surface area contributed by atoms with E-state index in [1.807, 2.05) is 0 Å². The first-order chi connectivity index (χ1) is 4.24. The lowest BCUT2D eigenvalue weighted by Crippen LogP contribution is -2.18. The van der Waals surface area contributed by atoms with Crippen LogP contribution in [-0.4, -0.2) is 27.7 Å². The third kappa shape index (κ3) is 1.14. The Kier molecular flexibility index (Phi) is 1.59. The van der Waals surface area contributed by atoms with E-state index in [1.165, 1.54) is 0 Å². The number of hydrogen-bond acceptors (Lipinski definition) is 4. The van der Waals surface area contributed by atoms with Crippen molar-refractivity contribution in [1.82, 2.24) is 0 Å². The lowest BCUT2D eigenvalue weighted by molar-refractivity contribution is -0.0948. The van der Waals surface area contributed by atoms with Gasteiger partial charge < -0.3 is 20.1 Å². The van der Waals surface area contributed by atoms with Crippen molar-refractivity contribution in [2.45, 2.75) is 18.8 Å². The molecule has 2 atom stereocenters. The molecule has 3 N–H and O–H groups in total. The van der Waals surface area contributed by atoms with E-state index in [2.05, 4.69) is 4.74 Å². The predicted octanol–water partition coefficient (Wildman–Crippen LogP) is -0.515. The van der Waals surface area contributed by atoms with Crippen molar-refractivity contribution < 1.29 is 20.1 Å². The van der Waals surface area contributed by atoms with Crippen LogP contribution in [0.4, 0.5) is 0 Å². The van der Waals surface area contributed by atoms with Gasteiger partial charge in [0.15, 0.2) is 0 Å². The molecule has 0 aliphatic carbocycles. The maximum atomic E-state index is 8.77. The molecule has 0 aromatic rings. The number of aliphatic hydroxyl groups is 3. The fourth-order valence-corrected chi connectivity index (χ4v) is 0.672. The molecule has 1 aliphatic rings. The van der Waals surface area contributed by atoms with Gasteiger partial charge in [-0.05, 0) is 0 Å². The molecule has 0 amide bonds. The minimum atomic E-state index is -1.18. The van der Waals surface area contributed by atoms with Crippen LogP contribution in [0.25, 0.3) is 0 Å². The Bertz CT molecular complexity index is 119.